The molecule has 2 aromatic rings. The van der Waals surface area contributed by atoms with Gasteiger partial charge in [-0.15, -0.1) is 0 Å². The molecule has 0 radical (unpaired) electrons. The Morgan fingerprint density at radius 1 is 1.14 bits per heavy atom. The smallest absolute Gasteiger partial charge is 0.317 e. The summed E-state index contributed by atoms with van der Waals surface area (Å²) in [5.74, 6) is -1.63. The van der Waals surface area contributed by atoms with Gasteiger partial charge in [-0.3, -0.25) is 4.79 Å². The molecule has 0 saturated heterocycles. The molecule has 1 atom stereocenters. The quantitative estimate of drug-likeness (QED) is 0.850. The molecule has 2 aromatic carbocycles. The molecule has 21 heavy (non-hydrogen) atoms. The number of benzene rings is 2. The van der Waals surface area contributed by atoms with Crippen molar-refractivity contribution in [2.75, 3.05) is 0 Å². The predicted molar refractivity (Wildman–Crippen MR) is 80.2 cm³/mol. The Kier molecular flexibility index (Phi) is 3.23. The van der Waals surface area contributed by atoms with Crippen molar-refractivity contribution in [2.45, 2.75) is 16.2 Å². The lowest BCUT2D eigenvalue weighted by molar-refractivity contribution is -0.140. The van der Waals surface area contributed by atoms with Crippen LogP contribution in [-0.2, 0) is 10.2 Å². The number of halogens is 3. The zero-order valence-corrected chi connectivity index (χ0v) is 12.3. The van der Waals surface area contributed by atoms with E-state index in [0.29, 0.717) is 5.56 Å². The molecular weight excluding hydrogens is 314 g/mol. The fraction of sp³-hybridized carbons (Fsp3) is 0.188. The van der Waals surface area contributed by atoms with Crippen molar-refractivity contribution in [3.8, 4) is 11.1 Å². The third-order valence-electron chi connectivity index (χ3n) is 3.90. The van der Waals surface area contributed by atoms with Crippen LogP contribution in [0.25, 0.3) is 11.1 Å². The zero-order valence-electron chi connectivity index (χ0n) is 10.8. The van der Waals surface area contributed by atoms with Gasteiger partial charge >= 0.3 is 5.97 Å². The molecule has 1 saturated carbocycles. The number of carboxylic acid groups (broad SMARTS) is 1. The normalized spacial score (nSPS) is 22.8. The maximum Gasteiger partial charge on any atom is 0.317 e. The van der Waals surface area contributed by atoms with Crippen LogP contribution in [0.5, 0.6) is 0 Å². The van der Waals surface area contributed by atoms with Gasteiger partial charge in [-0.05, 0) is 17.2 Å². The Hall–Kier alpha value is -1.58. The van der Waals surface area contributed by atoms with Crippen LogP contribution in [0.2, 0.25) is 0 Å². The summed E-state index contributed by atoms with van der Waals surface area (Å²) >= 11 is 11.9. The molecule has 1 aliphatic carbocycles. The minimum Gasteiger partial charge on any atom is -0.480 e. The molecule has 0 amide bonds. The molecule has 1 unspecified atom stereocenters. The van der Waals surface area contributed by atoms with Crippen LogP contribution in [0.3, 0.4) is 0 Å². The van der Waals surface area contributed by atoms with Crippen molar-refractivity contribution >= 4 is 29.2 Å². The van der Waals surface area contributed by atoms with Crippen LogP contribution in [0.15, 0.2) is 48.5 Å². The highest BCUT2D eigenvalue weighted by Gasteiger charge is 2.72. The first-order valence-electron chi connectivity index (χ1n) is 6.35. The van der Waals surface area contributed by atoms with Gasteiger partial charge in [-0.25, -0.2) is 4.39 Å². The van der Waals surface area contributed by atoms with Crippen LogP contribution in [-0.4, -0.2) is 15.4 Å². The van der Waals surface area contributed by atoms with Gasteiger partial charge in [0.1, 0.15) is 15.6 Å². The summed E-state index contributed by atoms with van der Waals surface area (Å²) in [5, 5.41) is 9.38. The highest BCUT2D eigenvalue weighted by molar-refractivity contribution is 6.54. The van der Waals surface area contributed by atoms with Gasteiger partial charge in [0.15, 0.2) is 0 Å². The molecule has 0 bridgehead atoms. The van der Waals surface area contributed by atoms with Crippen LogP contribution in [0, 0.1) is 5.82 Å². The van der Waals surface area contributed by atoms with Crippen LogP contribution in [0.4, 0.5) is 4.39 Å². The second kappa shape index (κ2) is 4.72. The Morgan fingerprint density at radius 2 is 1.76 bits per heavy atom. The van der Waals surface area contributed by atoms with Crippen molar-refractivity contribution in [3.63, 3.8) is 0 Å². The lowest BCUT2D eigenvalue weighted by atomic mass is 9.93. The first-order chi connectivity index (χ1) is 9.88. The monoisotopic (exact) mass is 324 g/mol. The maximum atomic E-state index is 14.3. The van der Waals surface area contributed by atoms with E-state index >= 15 is 0 Å². The van der Waals surface area contributed by atoms with Gasteiger partial charge in [0, 0.05) is 12.0 Å². The molecule has 3 rings (SSSR count). The molecular formula is C16H11Cl2FO2. The van der Waals surface area contributed by atoms with Crippen molar-refractivity contribution in [2.24, 2.45) is 0 Å². The maximum absolute atomic E-state index is 14.3. The third kappa shape index (κ3) is 2.12. The second-order valence-electron chi connectivity index (χ2n) is 5.15. The fourth-order valence-corrected chi connectivity index (χ4v) is 3.37. The van der Waals surface area contributed by atoms with E-state index in [-0.39, 0.29) is 12.0 Å². The Bertz CT molecular complexity index is 715. The van der Waals surface area contributed by atoms with Gasteiger partial charge < -0.3 is 5.11 Å². The first-order valence-corrected chi connectivity index (χ1v) is 7.11. The predicted octanol–water partition coefficient (Wildman–Crippen LogP) is 4.39. The second-order valence-corrected chi connectivity index (χ2v) is 6.64. The molecule has 0 aromatic heterocycles. The topological polar surface area (TPSA) is 37.3 Å². The minimum atomic E-state index is -1.42. The number of hydrogen-bond donors (Lipinski definition) is 1. The van der Waals surface area contributed by atoms with Crippen LogP contribution in [0.1, 0.15) is 12.0 Å². The first kappa shape index (κ1) is 14.4. The molecule has 0 spiro atoms. The Morgan fingerprint density at radius 3 is 2.24 bits per heavy atom. The van der Waals surface area contributed by atoms with Gasteiger partial charge in [0.05, 0.1) is 0 Å². The molecule has 2 nitrogen and oxygen atoms in total. The highest BCUT2D eigenvalue weighted by atomic mass is 35.5. The molecule has 0 heterocycles. The summed E-state index contributed by atoms with van der Waals surface area (Å²) in [5.41, 5.74) is 0.00352. The molecule has 108 valence electrons. The van der Waals surface area contributed by atoms with Gasteiger partial charge in [0.2, 0.25) is 0 Å². The largest absolute Gasteiger partial charge is 0.480 e. The minimum absolute atomic E-state index is 0.0720. The number of carbonyl (C=O) groups is 1. The zero-order chi connectivity index (χ0) is 15.3. The van der Waals surface area contributed by atoms with E-state index in [1.807, 2.05) is 18.2 Å². The molecule has 1 fully saturated rings. The average Bonchev–Trinajstić information content (AvgIpc) is 3.04. The van der Waals surface area contributed by atoms with Crippen molar-refractivity contribution in [1.29, 1.82) is 0 Å². The number of hydrogen-bond acceptors (Lipinski definition) is 1. The average molecular weight is 325 g/mol. The van der Waals surface area contributed by atoms with E-state index in [1.54, 1.807) is 24.3 Å². The number of rotatable bonds is 3. The van der Waals surface area contributed by atoms with E-state index < -0.39 is 21.5 Å². The summed E-state index contributed by atoms with van der Waals surface area (Å²) in [6.45, 7) is 0. The van der Waals surface area contributed by atoms with Crippen LogP contribution < -0.4 is 0 Å². The molecule has 1 aliphatic rings. The number of carboxylic acids is 1. The molecule has 1 N–H and O–H groups in total. The van der Waals surface area contributed by atoms with Crippen molar-refractivity contribution in [3.05, 3.63) is 59.9 Å². The van der Waals surface area contributed by atoms with Gasteiger partial charge in [-0.2, -0.15) is 0 Å². The summed E-state index contributed by atoms with van der Waals surface area (Å²) < 4.78 is 12.9. The molecule has 0 aliphatic heterocycles. The van der Waals surface area contributed by atoms with Crippen molar-refractivity contribution < 1.29 is 14.3 Å². The van der Waals surface area contributed by atoms with E-state index in [1.165, 1.54) is 6.07 Å². The summed E-state index contributed by atoms with van der Waals surface area (Å²) in [4.78, 5) is 11.5. The van der Waals surface area contributed by atoms with Gasteiger partial charge in [-0.1, -0.05) is 65.7 Å². The SMILES string of the molecule is O=C(O)C1(c2ccc(-c3ccccc3)c(F)c2)CC1(Cl)Cl. The van der Waals surface area contributed by atoms with Crippen molar-refractivity contribution in [1.82, 2.24) is 0 Å². The molecule has 5 heteroatoms. The Balaban J connectivity index is 2.06. The summed E-state index contributed by atoms with van der Waals surface area (Å²) in [7, 11) is 0. The van der Waals surface area contributed by atoms with E-state index in [2.05, 4.69) is 0 Å². The highest BCUT2D eigenvalue weighted by Crippen LogP contribution is 2.65. The van der Waals surface area contributed by atoms with Gasteiger partial charge in [0.25, 0.3) is 0 Å². The van der Waals surface area contributed by atoms with Crippen LogP contribution >= 0.6 is 23.2 Å². The van der Waals surface area contributed by atoms with E-state index in [4.69, 9.17) is 23.2 Å². The van der Waals surface area contributed by atoms with E-state index in [0.717, 1.165) is 5.56 Å². The lowest BCUT2D eigenvalue weighted by Gasteiger charge is -2.15. The fourth-order valence-electron chi connectivity index (χ4n) is 2.59. The lowest BCUT2D eigenvalue weighted by Crippen LogP contribution is -2.26. The number of aliphatic carboxylic acids is 1. The third-order valence-corrected chi connectivity index (χ3v) is 4.81. The summed E-state index contributed by atoms with van der Waals surface area (Å²) in [6, 6.07) is 13.4. The summed E-state index contributed by atoms with van der Waals surface area (Å²) in [6.07, 6.45) is 0.0720. The number of alkyl halides is 2. The Labute approximate surface area is 131 Å². The standard InChI is InChI=1S/C16H11Cl2FO2/c17-16(18)9-15(16,14(20)21)11-6-7-12(13(19)8-11)10-4-2-1-3-5-10/h1-8H,9H2,(H,20,21). The van der Waals surface area contributed by atoms with E-state index in [9.17, 15) is 14.3 Å².